The lowest BCUT2D eigenvalue weighted by Crippen LogP contribution is -2.41. The summed E-state index contributed by atoms with van der Waals surface area (Å²) in [7, 11) is 0. The Morgan fingerprint density at radius 2 is 1.52 bits per heavy atom. The number of nitrogens with zero attached hydrogens (tertiary/aromatic N) is 6. The summed E-state index contributed by atoms with van der Waals surface area (Å²) in [6, 6.07) is 29.2. The number of ether oxygens (including phenoxy) is 2. The Morgan fingerprint density at radius 3 is 2.20 bits per heavy atom. The largest absolute Gasteiger partial charge is 0.481 e. The zero-order valence-corrected chi connectivity index (χ0v) is 37.8. The normalized spacial score (nSPS) is 15.7. The number of hydrogen-bond acceptors (Lipinski definition) is 9. The summed E-state index contributed by atoms with van der Waals surface area (Å²) in [4.78, 5) is 28.5. The molecule has 0 radical (unpaired) electrons. The number of tetrazole rings is 1. The van der Waals surface area contributed by atoms with Crippen LogP contribution in [-0.2, 0) is 20.4 Å². The molecule has 60 heavy (non-hydrogen) atoms. The highest BCUT2D eigenvalue weighted by Gasteiger charge is 2.45. The van der Waals surface area contributed by atoms with Crippen molar-refractivity contribution >= 4 is 40.7 Å². The summed E-state index contributed by atoms with van der Waals surface area (Å²) in [5, 5.41) is 22.3. The number of para-hydroxylation sites is 3. The molecule has 1 aliphatic rings. The SMILES string of the molecule is CCC(C)(C)c1ccc(OC(C)C(=O)Nc2ccccc2N2N=C(C(C)(C)C)C(Oc3ccc(C)cc3C(C)Sc3nnnn3-c3ccccc3)C2=O)c(C(C)(C)CC)c1. The Hall–Kier alpha value is -5.49. The first kappa shape index (κ1) is 44.1. The third kappa shape index (κ3) is 9.44. The number of carbonyl (C=O) groups is 2. The van der Waals surface area contributed by atoms with Gasteiger partial charge in [-0.1, -0.05) is 134 Å². The van der Waals surface area contributed by atoms with E-state index >= 15 is 0 Å². The van der Waals surface area contributed by atoms with Crippen molar-refractivity contribution in [1.82, 2.24) is 20.2 Å². The Bertz CT molecular complexity index is 2370. The number of benzene rings is 4. The van der Waals surface area contributed by atoms with Crippen LogP contribution in [0.3, 0.4) is 0 Å². The fraction of sp³-hybridized carbons (Fsp3) is 0.417. The second-order valence-corrected chi connectivity index (χ2v) is 19.2. The molecule has 0 spiro atoms. The third-order valence-electron chi connectivity index (χ3n) is 11.6. The first-order chi connectivity index (χ1) is 28.3. The van der Waals surface area contributed by atoms with E-state index in [0.717, 1.165) is 35.2 Å². The number of hydrogen-bond donors (Lipinski definition) is 1. The molecule has 11 nitrogen and oxygen atoms in total. The maximum atomic E-state index is 14.6. The van der Waals surface area contributed by atoms with Gasteiger partial charge < -0.3 is 14.8 Å². The molecule has 0 bridgehead atoms. The number of amides is 2. The van der Waals surface area contributed by atoms with Crippen molar-refractivity contribution in [2.45, 2.75) is 129 Å². The molecule has 3 atom stereocenters. The number of hydrazone groups is 1. The molecule has 1 aliphatic heterocycles. The Labute approximate surface area is 359 Å². The Kier molecular flexibility index (Phi) is 12.9. The van der Waals surface area contributed by atoms with Gasteiger partial charge in [-0.15, -0.1) is 5.10 Å². The van der Waals surface area contributed by atoms with Gasteiger partial charge in [-0.3, -0.25) is 9.59 Å². The summed E-state index contributed by atoms with van der Waals surface area (Å²) >= 11 is 1.50. The van der Waals surface area contributed by atoms with Gasteiger partial charge in [-0.05, 0) is 96.8 Å². The number of carbonyl (C=O) groups excluding carboxylic acids is 2. The van der Waals surface area contributed by atoms with E-state index in [1.54, 1.807) is 23.7 Å². The first-order valence-corrected chi connectivity index (χ1v) is 21.6. The van der Waals surface area contributed by atoms with Crippen molar-refractivity contribution in [2.24, 2.45) is 10.5 Å². The van der Waals surface area contributed by atoms with Gasteiger partial charge in [0, 0.05) is 21.8 Å². The van der Waals surface area contributed by atoms with Gasteiger partial charge in [0.2, 0.25) is 11.3 Å². The van der Waals surface area contributed by atoms with Crippen molar-refractivity contribution in [3.63, 3.8) is 0 Å². The molecule has 4 aromatic carbocycles. The van der Waals surface area contributed by atoms with Gasteiger partial charge in [0.25, 0.3) is 11.8 Å². The molecular formula is C48H59N7O4S. The third-order valence-corrected chi connectivity index (χ3v) is 12.6. The van der Waals surface area contributed by atoms with Crippen LogP contribution in [0.4, 0.5) is 11.4 Å². The average Bonchev–Trinajstić information content (AvgIpc) is 3.82. The van der Waals surface area contributed by atoms with E-state index in [4.69, 9.17) is 14.6 Å². The topological polar surface area (TPSA) is 124 Å². The predicted octanol–water partition coefficient (Wildman–Crippen LogP) is 10.8. The van der Waals surface area contributed by atoms with E-state index in [2.05, 4.69) is 87.5 Å². The lowest BCUT2D eigenvalue weighted by Gasteiger charge is -2.31. The first-order valence-electron chi connectivity index (χ1n) is 20.8. The summed E-state index contributed by atoms with van der Waals surface area (Å²) in [6.45, 7) is 25.1. The average molecular weight is 830 g/mol. The lowest BCUT2D eigenvalue weighted by atomic mass is 9.76. The summed E-state index contributed by atoms with van der Waals surface area (Å²) < 4.78 is 14.9. The minimum absolute atomic E-state index is 0.000102. The number of aryl methyl sites for hydroxylation is 1. The minimum atomic E-state index is -1.02. The van der Waals surface area contributed by atoms with Gasteiger partial charge in [0.15, 0.2) is 6.10 Å². The molecule has 0 saturated heterocycles. The van der Waals surface area contributed by atoms with Crippen LogP contribution in [0.25, 0.3) is 5.69 Å². The zero-order valence-electron chi connectivity index (χ0n) is 37.0. The zero-order chi connectivity index (χ0) is 43.6. The highest BCUT2D eigenvalue weighted by atomic mass is 32.2. The van der Waals surface area contributed by atoms with E-state index in [1.165, 1.54) is 22.3 Å². The molecule has 0 aliphatic carbocycles. The van der Waals surface area contributed by atoms with Gasteiger partial charge in [0.05, 0.1) is 22.8 Å². The fourth-order valence-corrected chi connectivity index (χ4v) is 7.86. The van der Waals surface area contributed by atoms with Crippen molar-refractivity contribution in [3.05, 3.63) is 113 Å². The second kappa shape index (κ2) is 17.6. The van der Waals surface area contributed by atoms with Crippen LogP contribution in [0, 0.1) is 12.3 Å². The van der Waals surface area contributed by atoms with Gasteiger partial charge in [0.1, 0.15) is 11.5 Å². The van der Waals surface area contributed by atoms with Crippen molar-refractivity contribution in [3.8, 4) is 17.2 Å². The molecule has 12 heteroatoms. The number of anilines is 2. The van der Waals surface area contributed by atoms with Crippen molar-refractivity contribution < 1.29 is 19.1 Å². The molecule has 6 rings (SSSR count). The Balaban J connectivity index is 1.24. The second-order valence-electron chi connectivity index (χ2n) is 17.8. The standard InChI is InChI=1S/C48H59N7O4S/c1-13-47(9,10)33-25-27-40(36(29-33)48(11,12)14-2)58-31(4)43(56)49-37-22-18-19-23-38(37)55-44(57)41(42(51-55)46(6,7)8)59-39-26-24-30(3)28-35(39)32(5)60-45-50-52-53-54(45)34-20-16-15-17-21-34/h15-29,31-32,41H,13-14H2,1-12H3,(H,49,56). The summed E-state index contributed by atoms with van der Waals surface area (Å²) in [5.74, 6) is 0.517. The smallest absolute Gasteiger partial charge is 0.294 e. The molecule has 316 valence electrons. The predicted molar refractivity (Wildman–Crippen MR) is 242 cm³/mol. The number of aromatic nitrogens is 4. The molecule has 0 saturated carbocycles. The van der Waals surface area contributed by atoms with Crippen LogP contribution in [0.15, 0.2) is 101 Å². The maximum absolute atomic E-state index is 14.6. The molecule has 2 heterocycles. The number of rotatable bonds is 15. The quantitative estimate of drug-likeness (QED) is 0.103. The van der Waals surface area contributed by atoms with Gasteiger partial charge >= 0.3 is 0 Å². The van der Waals surface area contributed by atoms with Crippen LogP contribution in [0.1, 0.15) is 117 Å². The Morgan fingerprint density at radius 1 is 0.850 bits per heavy atom. The van der Waals surface area contributed by atoms with E-state index in [9.17, 15) is 9.59 Å². The molecule has 2 amide bonds. The monoisotopic (exact) mass is 829 g/mol. The van der Waals surface area contributed by atoms with Crippen LogP contribution < -0.4 is 19.8 Å². The minimum Gasteiger partial charge on any atom is -0.481 e. The highest BCUT2D eigenvalue weighted by Crippen LogP contribution is 2.42. The number of nitrogens with one attached hydrogen (secondary N) is 1. The summed E-state index contributed by atoms with van der Waals surface area (Å²) in [5.41, 5.74) is 5.79. The molecule has 3 unspecified atom stereocenters. The molecule has 0 fully saturated rings. The molecular weight excluding hydrogens is 771 g/mol. The van der Waals surface area contributed by atoms with E-state index < -0.39 is 17.6 Å². The molecule has 5 aromatic rings. The summed E-state index contributed by atoms with van der Waals surface area (Å²) in [6.07, 6.45) is 0.0323. The van der Waals surface area contributed by atoms with Gasteiger partial charge in [-0.2, -0.15) is 14.8 Å². The lowest BCUT2D eigenvalue weighted by molar-refractivity contribution is -0.122. The van der Waals surface area contributed by atoms with Crippen LogP contribution >= 0.6 is 11.8 Å². The van der Waals surface area contributed by atoms with Crippen LogP contribution in [-0.4, -0.2) is 49.9 Å². The molecule has 1 aromatic heterocycles. The highest BCUT2D eigenvalue weighted by molar-refractivity contribution is 7.99. The van der Waals surface area contributed by atoms with E-state index in [-0.39, 0.29) is 27.9 Å². The van der Waals surface area contributed by atoms with Crippen molar-refractivity contribution in [1.29, 1.82) is 0 Å². The molecule has 1 N–H and O–H groups in total. The van der Waals surface area contributed by atoms with Crippen LogP contribution in [0.5, 0.6) is 11.5 Å². The van der Waals surface area contributed by atoms with Crippen LogP contribution in [0.2, 0.25) is 0 Å². The number of thioether (sulfide) groups is 1. The van der Waals surface area contributed by atoms with E-state index in [0.29, 0.717) is 33.7 Å². The van der Waals surface area contributed by atoms with E-state index in [1.807, 2.05) is 88.4 Å². The van der Waals surface area contributed by atoms with Gasteiger partial charge in [-0.25, -0.2) is 0 Å². The maximum Gasteiger partial charge on any atom is 0.294 e. The van der Waals surface area contributed by atoms with Crippen molar-refractivity contribution in [2.75, 3.05) is 10.3 Å². The fourth-order valence-electron chi connectivity index (χ4n) is 6.90.